The van der Waals surface area contributed by atoms with Gasteiger partial charge in [0.1, 0.15) is 5.82 Å². The molecule has 132 valence electrons. The molecular weight excluding hydrogens is 330 g/mol. The van der Waals surface area contributed by atoms with Crippen LogP contribution in [0.5, 0.6) is 0 Å². The SMILES string of the molecule is Cc1ccc(F)c(CC(=O)N2CCCC(C(=O)O)(C(F)(F)F)C2)c1. The number of benzene rings is 1. The van der Waals surface area contributed by atoms with Gasteiger partial charge < -0.3 is 10.0 Å². The molecule has 4 nitrogen and oxygen atoms in total. The molecule has 8 heteroatoms. The van der Waals surface area contributed by atoms with Gasteiger partial charge in [0.2, 0.25) is 5.91 Å². The van der Waals surface area contributed by atoms with Crippen LogP contribution < -0.4 is 0 Å². The van der Waals surface area contributed by atoms with Crippen molar-refractivity contribution >= 4 is 11.9 Å². The zero-order chi connectivity index (χ0) is 18.1. The lowest BCUT2D eigenvalue weighted by Crippen LogP contribution is -2.57. The zero-order valence-electron chi connectivity index (χ0n) is 13.0. The zero-order valence-corrected chi connectivity index (χ0v) is 13.0. The van der Waals surface area contributed by atoms with E-state index in [0.717, 1.165) is 4.90 Å². The summed E-state index contributed by atoms with van der Waals surface area (Å²) in [4.78, 5) is 24.4. The summed E-state index contributed by atoms with van der Waals surface area (Å²) in [5.74, 6) is -3.32. The minimum absolute atomic E-state index is 0.0252. The summed E-state index contributed by atoms with van der Waals surface area (Å²) in [5, 5.41) is 9.08. The van der Waals surface area contributed by atoms with Gasteiger partial charge in [-0.25, -0.2) is 4.39 Å². The monoisotopic (exact) mass is 347 g/mol. The van der Waals surface area contributed by atoms with Crippen LogP contribution in [0, 0.1) is 18.2 Å². The molecule has 1 aromatic rings. The number of piperidine rings is 1. The normalized spacial score (nSPS) is 21.6. The van der Waals surface area contributed by atoms with Crippen molar-refractivity contribution in [2.75, 3.05) is 13.1 Å². The minimum atomic E-state index is -4.97. The number of halogens is 4. The standard InChI is InChI=1S/C16H17F4NO3/c1-10-3-4-12(17)11(7-10)8-13(22)21-6-2-5-15(9-21,14(23)24)16(18,19)20/h3-4,7H,2,5-6,8-9H2,1H3,(H,23,24). The summed E-state index contributed by atoms with van der Waals surface area (Å²) in [6.45, 7) is 0.781. The van der Waals surface area contributed by atoms with Crippen LogP contribution in [0.25, 0.3) is 0 Å². The fourth-order valence-electron chi connectivity index (χ4n) is 2.91. The lowest BCUT2D eigenvalue weighted by atomic mass is 9.79. The van der Waals surface area contributed by atoms with Crippen LogP contribution >= 0.6 is 0 Å². The minimum Gasteiger partial charge on any atom is -0.481 e. The highest BCUT2D eigenvalue weighted by molar-refractivity contribution is 5.81. The van der Waals surface area contributed by atoms with Gasteiger partial charge in [0.05, 0.1) is 6.42 Å². The van der Waals surface area contributed by atoms with Crippen LogP contribution in [0.4, 0.5) is 17.6 Å². The molecule has 0 bridgehead atoms. The fraction of sp³-hybridized carbons (Fsp3) is 0.500. The first kappa shape index (κ1) is 18.2. The number of carbonyl (C=O) groups excluding carboxylic acids is 1. The first-order valence-electron chi connectivity index (χ1n) is 7.40. The van der Waals surface area contributed by atoms with E-state index in [1.807, 2.05) is 0 Å². The molecule has 1 fully saturated rings. The first-order valence-corrected chi connectivity index (χ1v) is 7.40. The number of likely N-dealkylation sites (tertiary alicyclic amines) is 1. The Morgan fingerprint density at radius 3 is 2.58 bits per heavy atom. The number of amides is 1. The van der Waals surface area contributed by atoms with E-state index in [1.54, 1.807) is 6.92 Å². The molecule has 1 atom stereocenters. The van der Waals surface area contributed by atoms with Crippen molar-refractivity contribution in [2.45, 2.75) is 32.4 Å². The Balaban J connectivity index is 2.21. The highest BCUT2D eigenvalue weighted by Gasteiger charge is 2.62. The number of alkyl halides is 3. The van der Waals surface area contributed by atoms with Gasteiger partial charge in [0.25, 0.3) is 0 Å². The number of carboxylic acid groups (broad SMARTS) is 1. The van der Waals surface area contributed by atoms with E-state index >= 15 is 0 Å². The Hall–Kier alpha value is -2.12. The molecule has 1 heterocycles. The van der Waals surface area contributed by atoms with Crippen molar-refractivity contribution in [2.24, 2.45) is 5.41 Å². The second kappa shape index (κ2) is 6.41. The lowest BCUT2D eigenvalue weighted by Gasteiger charge is -2.40. The predicted molar refractivity (Wildman–Crippen MR) is 76.8 cm³/mol. The second-order valence-electron chi connectivity index (χ2n) is 6.08. The molecular formula is C16H17F4NO3. The number of hydrogen-bond acceptors (Lipinski definition) is 2. The van der Waals surface area contributed by atoms with Gasteiger partial charge in [0.15, 0.2) is 5.41 Å². The molecule has 2 rings (SSSR count). The van der Waals surface area contributed by atoms with Crippen LogP contribution in [0.3, 0.4) is 0 Å². The number of aryl methyl sites for hydroxylation is 1. The molecule has 0 radical (unpaired) electrons. The number of rotatable bonds is 3. The van der Waals surface area contributed by atoms with Crippen molar-refractivity contribution < 1.29 is 32.3 Å². The summed E-state index contributed by atoms with van der Waals surface area (Å²) in [7, 11) is 0. The van der Waals surface area contributed by atoms with Gasteiger partial charge in [-0.2, -0.15) is 13.2 Å². The van der Waals surface area contributed by atoms with Gasteiger partial charge in [0, 0.05) is 13.1 Å². The third-order valence-corrected chi connectivity index (χ3v) is 4.34. The number of carbonyl (C=O) groups is 2. The molecule has 0 aliphatic carbocycles. The third-order valence-electron chi connectivity index (χ3n) is 4.34. The number of nitrogens with zero attached hydrogens (tertiary/aromatic N) is 1. The van der Waals surface area contributed by atoms with E-state index in [0.29, 0.717) is 5.56 Å². The number of hydrogen-bond donors (Lipinski definition) is 1. The molecule has 1 aliphatic rings. The molecule has 1 aliphatic heterocycles. The van der Waals surface area contributed by atoms with Crippen molar-refractivity contribution in [1.29, 1.82) is 0 Å². The smallest absolute Gasteiger partial charge is 0.406 e. The second-order valence-corrected chi connectivity index (χ2v) is 6.08. The van der Waals surface area contributed by atoms with Gasteiger partial charge in [-0.15, -0.1) is 0 Å². The number of carboxylic acids is 1. The van der Waals surface area contributed by atoms with Gasteiger partial charge in [-0.05, 0) is 31.4 Å². The Bertz CT molecular complexity index is 659. The Kier molecular flexibility index (Phi) is 4.87. The highest BCUT2D eigenvalue weighted by Crippen LogP contribution is 2.45. The summed E-state index contributed by atoms with van der Waals surface area (Å²) in [6.07, 6.45) is -6.02. The van der Waals surface area contributed by atoms with Crippen LogP contribution in [0.15, 0.2) is 18.2 Å². The predicted octanol–water partition coefficient (Wildman–Crippen LogP) is 2.93. The fourth-order valence-corrected chi connectivity index (χ4v) is 2.91. The molecule has 1 amide bonds. The maximum atomic E-state index is 13.7. The van der Waals surface area contributed by atoms with E-state index < -0.39 is 48.7 Å². The largest absolute Gasteiger partial charge is 0.481 e. The van der Waals surface area contributed by atoms with Crippen molar-refractivity contribution in [1.82, 2.24) is 4.90 Å². The average Bonchev–Trinajstić information content (AvgIpc) is 2.49. The quantitative estimate of drug-likeness (QED) is 0.856. The van der Waals surface area contributed by atoms with E-state index in [-0.39, 0.29) is 18.5 Å². The topological polar surface area (TPSA) is 57.6 Å². The molecule has 1 aromatic carbocycles. The van der Waals surface area contributed by atoms with Crippen LogP contribution in [0.2, 0.25) is 0 Å². The summed E-state index contributed by atoms with van der Waals surface area (Å²) >= 11 is 0. The molecule has 0 saturated carbocycles. The van der Waals surface area contributed by atoms with Gasteiger partial charge in [-0.3, -0.25) is 9.59 Å². The van der Waals surface area contributed by atoms with Crippen molar-refractivity contribution in [3.8, 4) is 0 Å². The Labute approximate surface area is 136 Å². The molecule has 1 N–H and O–H groups in total. The van der Waals surface area contributed by atoms with Crippen molar-refractivity contribution in [3.05, 3.63) is 35.1 Å². The molecule has 1 unspecified atom stereocenters. The Morgan fingerprint density at radius 1 is 1.33 bits per heavy atom. The average molecular weight is 347 g/mol. The van der Waals surface area contributed by atoms with E-state index in [9.17, 15) is 27.2 Å². The maximum Gasteiger partial charge on any atom is 0.406 e. The number of aliphatic carboxylic acids is 1. The lowest BCUT2D eigenvalue weighted by molar-refractivity contribution is -0.242. The molecule has 1 saturated heterocycles. The molecule has 0 aromatic heterocycles. The van der Waals surface area contributed by atoms with E-state index in [4.69, 9.17) is 5.11 Å². The van der Waals surface area contributed by atoms with Crippen LogP contribution in [0.1, 0.15) is 24.0 Å². The van der Waals surface area contributed by atoms with Crippen molar-refractivity contribution in [3.63, 3.8) is 0 Å². The summed E-state index contributed by atoms with van der Waals surface area (Å²) in [6, 6.07) is 4.15. The van der Waals surface area contributed by atoms with Gasteiger partial charge in [-0.1, -0.05) is 17.7 Å². The van der Waals surface area contributed by atoms with Gasteiger partial charge >= 0.3 is 12.1 Å². The highest BCUT2D eigenvalue weighted by atomic mass is 19.4. The molecule has 0 spiro atoms. The first-order chi connectivity index (χ1) is 11.1. The van der Waals surface area contributed by atoms with E-state index in [2.05, 4.69) is 0 Å². The van der Waals surface area contributed by atoms with E-state index in [1.165, 1.54) is 18.2 Å². The summed E-state index contributed by atoms with van der Waals surface area (Å²) < 4.78 is 53.5. The molecule has 24 heavy (non-hydrogen) atoms. The third kappa shape index (κ3) is 3.37. The van der Waals surface area contributed by atoms with Crippen LogP contribution in [-0.2, 0) is 16.0 Å². The van der Waals surface area contributed by atoms with Crippen LogP contribution in [-0.4, -0.2) is 41.1 Å². The summed E-state index contributed by atoms with van der Waals surface area (Å²) in [5.41, 5.74) is -2.17. The maximum absolute atomic E-state index is 13.7. The Morgan fingerprint density at radius 2 is 2.00 bits per heavy atom.